The van der Waals surface area contributed by atoms with Gasteiger partial charge in [0.2, 0.25) is 5.91 Å². The zero-order valence-electron chi connectivity index (χ0n) is 7.85. The van der Waals surface area contributed by atoms with Crippen LogP contribution in [-0.4, -0.2) is 73.3 Å². The topological polar surface area (TPSA) is 101 Å². The minimum Gasteiger partial charge on any atom is -0.388 e. The van der Waals surface area contributed by atoms with Gasteiger partial charge in [-0.05, 0) is 0 Å². The molecule has 2 saturated heterocycles. The van der Waals surface area contributed by atoms with E-state index < -0.39 is 29.8 Å². The molecule has 2 aliphatic heterocycles. The van der Waals surface area contributed by atoms with Crippen LogP contribution in [0.4, 0.5) is 0 Å². The maximum Gasteiger partial charge on any atom is 0.233 e. The van der Waals surface area contributed by atoms with Crippen molar-refractivity contribution < 1.29 is 25.2 Å². The molecule has 0 saturated carbocycles. The van der Waals surface area contributed by atoms with Crippen molar-refractivity contribution in [2.75, 3.05) is 12.3 Å². The third-order valence-electron chi connectivity index (χ3n) is 2.78. The first kappa shape index (κ1) is 11.2. The van der Waals surface area contributed by atoms with Gasteiger partial charge in [-0.25, -0.2) is 0 Å². The van der Waals surface area contributed by atoms with Gasteiger partial charge < -0.3 is 25.3 Å². The SMILES string of the molecule is O=C1CS[C@@H]2[C@H](O)[C@@H](O)[C@@H](O)[C@H](O)CN12. The molecule has 4 N–H and O–H groups in total. The molecule has 0 aliphatic carbocycles. The minimum atomic E-state index is -1.42. The first-order valence-corrected chi connectivity index (χ1v) is 5.70. The van der Waals surface area contributed by atoms with Crippen molar-refractivity contribution in [3.8, 4) is 0 Å². The number of carbonyl (C=O) groups is 1. The Kier molecular flexibility index (Phi) is 2.91. The second kappa shape index (κ2) is 3.91. The Balaban J connectivity index is 2.25. The smallest absolute Gasteiger partial charge is 0.233 e. The van der Waals surface area contributed by atoms with Crippen LogP contribution in [0.2, 0.25) is 0 Å². The van der Waals surface area contributed by atoms with Crippen molar-refractivity contribution >= 4 is 17.7 Å². The molecule has 0 spiro atoms. The Morgan fingerprint density at radius 1 is 1.13 bits per heavy atom. The number of aliphatic hydroxyl groups is 4. The molecule has 5 atom stereocenters. The summed E-state index contributed by atoms with van der Waals surface area (Å²) >= 11 is 1.21. The molecule has 0 aromatic rings. The van der Waals surface area contributed by atoms with Crippen LogP contribution in [-0.2, 0) is 4.79 Å². The van der Waals surface area contributed by atoms with Crippen LogP contribution in [0.1, 0.15) is 0 Å². The number of fused-ring (bicyclic) bond motifs is 1. The van der Waals surface area contributed by atoms with Gasteiger partial charge in [-0.1, -0.05) is 0 Å². The Labute approximate surface area is 90.5 Å². The standard InChI is InChI=1S/C8H13NO5S/c10-3-1-9-4(11)2-15-8(9)7(14)6(13)5(3)12/h3,5-8,10,12-14H,1-2H2/t3-,5+,6+,7-,8-/m1/s1. The number of hydrogen-bond acceptors (Lipinski definition) is 6. The molecule has 2 rings (SSSR count). The van der Waals surface area contributed by atoms with Gasteiger partial charge in [0, 0.05) is 0 Å². The highest BCUT2D eigenvalue weighted by Gasteiger charge is 2.47. The normalized spacial score (nSPS) is 46.5. The van der Waals surface area contributed by atoms with E-state index in [4.69, 9.17) is 0 Å². The van der Waals surface area contributed by atoms with Crippen LogP contribution in [0, 0.1) is 0 Å². The van der Waals surface area contributed by atoms with Crippen molar-refractivity contribution in [2.45, 2.75) is 29.8 Å². The summed E-state index contributed by atoms with van der Waals surface area (Å²) < 4.78 is 0. The molecule has 86 valence electrons. The quantitative estimate of drug-likeness (QED) is 0.366. The molecule has 6 nitrogen and oxygen atoms in total. The highest BCUT2D eigenvalue weighted by molar-refractivity contribution is 8.01. The molecule has 2 aliphatic rings. The van der Waals surface area contributed by atoms with Gasteiger partial charge in [0.05, 0.1) is 12.3 Å². The summed E-state index contributed by atoms with van der Waals surface area (Å²) in [7, 11) is 0. The summed E-state index contributed by atoms with van der Waals surface area (Å²) in [5.74, 6) is 0.0430. The molecule has 0 aromatic carbocycles. The number of rotatable bonds is 0. The van der Waals surface area contributed by atoms with E-state index in [2.05, 4.69) is 0 Å². The van der Waals surface area contributed by atoms with Crippen LogP contribution in [0.15, 0.2) is 0 Å². The van der Waals surface area contributed by atoms with E-state index in [1.54, 1.807) is 0 Å². The van der Waals surface area contributed by atoms with E-state index in [-0.39, 0.29) is 18.2 Å². The monoisotopic (exact) mass is 235 g/mol. The Morgan fingerprint density at radius 2 is 1.80 bits per heavy atom. The Morgan fingerprint density at radius 3 is 2.47 bits per heavy atom. The van der Waals surface area contributed by atoms with Crippen molar-refractivity contribution in [1.29, 1.82) is 0 Å². The van der Waals surface area contributed by atoms with E-state index in [0.717, 1.165) is 0 Å². The number of thioether (sulfide) groups is 1. The van der Waals surface area contributed by atoms with Crippen LogP contribution >= 0.6 is 11.8 Å². The predicted molar refractivity (Wildman–Crippen MR) is 52.0 cm³/mol. The van der Waals surface area contributed by atoms with E-state index >= 15 is 0 Å². The highest BCUT2D eigenvalue weighted by atomic mass is 32.2. The van der Waals surface area contributed by atoms with Gasteiger partial charge in [-0.3, -0.25) is 4.79 Å². The van der Waals surface area contributed by atoms with E-state index in [0.29, 0.717) is 0 Å². The summed E-state index contributed by atoms with van der Waals surface area (Å²) in [5.41, 5.74) is 0. The second-order valence-electron chi connectivity index (χ2n) is 3.79. The fraction of sp³-hybridized carbons (Fsp3) is 0.875. The van der Waals surface area contributed by atoms with Crippen molar-refractivity contribution in [1.82, 2.24) is 4.90 Å². The number of hydrogen-bond donors (Lipinski definition) is 4. The lowest BCUT2D eigenvalue weighted by Gasteiger charge is -2.26. The molecular weight excluding hydrogens is 222 g/mol. The average Bonchev–Trinajstić information content (AvgIpc) is 2.54. The zero-order chi connectivity index (χ0) is 11.2. The highest BCUT2D eigenvalue weighted by Crippen LogP contribution is 2.32. The van der Waals surface area contributed by atoms with Gasteiger partial charge in [0.1, 0.15) is 29.8 Å². The maximum absolute atomic E-state index is 11.4. The lowest BCUT2D eigenvalue weighted by atomic mass is 10.1. The molecule has 2 heterocycles. The number of carbonyl (C=O) groups excluding carboxylic acids is 1. The molecule has 2 fully saturated rings. The maximum atomic E-state index is 11.4. The summed E-state index contributed by atoms with van der Waals surface area (Å²) in [5, 5.41) is 37.6. The molecule has 15 heavy (non-hydrogen) atoms. The van der Waals surface area contributed by atoms with Crippen LogP contribution in [0.25, 0.3) is 0 Å². The van der Waals surface area contributed by atoms with E-state index in [1.807, 2.05) is 0 Å². The third-order valence-corrected chi connectivity index (χ3v) is 4.06. The Hall–Kier alpha value is -0.340. The fourth-order valence-corrected chi connectivity index (χ4v) is 3.09. The number of amides is 1. The van der Waals surface area contributed by atoms with E-state index in [9.17, 15) is 25.2 Å². The van der Waals surface area contributed by atoms with Crippen molar-refractivity contribution in [3.05, 3.63) is 0 Å². The molecule has 0 bridgehead atoms. The van der Waals surface area contributed by atoms with Crippen molar-refractivity contribution in [2.24, 2.45) is 0 Å². The van der Waals surface area contributed by atoms with Gasteiger partial charge in [0.25, 0.3) is 0 Å². The Bertz CT molecular complexity index is 276. The second-order valence-corrected chi connectivity index (χ2v) is 4.89. The molecule has 0 unspecified atom stereocenters. The van der Waals surface area contributed by atoms with Gasteiger partial charge in [0.15, 0.2) is 0 Å². The molecule has 1 amide bonds. The van der Waals surface area contributed by atoms with E-state index in [1.165, 1.54) is 16.7 Å². The van der Waals surface area contributed by atoms with Gasteiger partial charge >= 0.3 is 0 Å². The van der Waals surface area contributed by atoms with Gasteiger partial charge in [-0.2, -0.15) is 0 Å². The summed E-state index contributed by atoms with van der Waals surface area (Å²) in [6.45, 7) is -0.0498. The predicted octanol–water partition coefficient (Wildman–Crippen LogP) is -2.65. The van der Waals surface area contributed by atoms with Crippen molar-refractivity contribution in [3.63, 3.8) is 0 Å². The third kappa shape index (κ3) is 1.74. The summed E-state index contributed by atoms with van der Waals surface area (Å²) in [4.78, 5) is 12.7. The zero-order valence-corrected chi connectivity index (χ0v) is 8.67. The molecule has 0 aromatic heterocycles. The van der Waals surface area contributed by atoms with Crippen LogP contribution < -0.4 is 0 Å². The average molecular weight is 235 g/mol. The largest absolute Gasteiger partial charge is 0.388 e. The number of aliphatic hydroxyl groups excluding tert-OH is 4. The minimum absolute atomic E-state index is 0.0498. The summed E-state index contributed by atoms with van der Waals surface area (Å²) in [6.07, 6.45) is -5.29. The first-order valence-electron chi connectivity index (χ1n) is 4.65. The van der Waals surface area contributed by atoms with Gasteiger partial charge in [-0.15, -0.1) is 11.8 Å². The lowest BCUT2D eigenvalue weighted by molar-refractivity contribution is -0.130. The van der Waals surface area contributed by atoms with Crippen LogP contribution in [0.3, 0.4) is 0 Å². The molecule has 0 radical (unpaired) electrons. The number of nitrogens with zero attached hydrogens (tertiary/aromatic N) is 1. The molecular formula is C8H13NO5S. The fourth-order valence-electron chi connectivity index (χ4n) is 1.87. The lowest BCUT2D eigenvalue weighted by Crippen LogP contribution is -2.45. The first-order chi connectivity index (χ1) is 7.02. The molecule has 7 heteroatoms. The summed E-state index contributed by atoms with van der Waals surface area (Å²) in [6, 6.07) is 0. The van der Waals surface area contributed by atoms with Crippen LogP contribution in [0.5, 0.6) is 0 Å².